The van der Waals surface area contributed by atoms with E-state index < -0.39 is 5.97 Å². The number of aromatic nitrogens is 4. The van der Waals surface area contributed by atoms with Crippen LogP contribution in [0.15, 0.2) is 36.4 Å². The molecule has 0 unspecified atom stereocenters. The van der Waals surface area contributed by atoms with Crippen molar-refractivity contribution in [1.82, 2.24) is 24.9 Å². The molecule has 9 heteroatoms. The third-order valence-electron chi connectivity index (χ3n) is 4.68. The van der Waals surface area contributed by atoms with Gasteiger partial charge in [-0.1, -0.05) is 12.1 Å². The van der Waals surface area contributed by atoms with Crippen molar-refractivity contribution in [1.29, 1.82) is 0 Å². The summed E-state index contributed by atoms with van der Waals surface area (Å²) >= 11 is 0. The molecule has 4 rings (SSSR count). The van der Waals surface area contributed by atoms with Crippen LogP contribution >= 0.6 is 0 Å². The highest BCUT2D eigenvalue weighted by atomic mass is 16.5. The van der Waals surface area contributed by atoms with Crippen LogP contribution < -0.4 is 0 Å². The molecule has 0 spiro atoms. The number of amides is 1. The molecule has 9 nitrogen and oxygen atoms in total. The minimum atomic E-state index is -0.501. The molecule has 0 saturated heterocycles. The standard InChI is InChI=1S/C19H19N5O4/c1-28-19(27)16-9-12-11-23(7-4-8-24(12)22-16)18(26)15-10-14(20-21-15)13-5-2-3-6-17(13)25/h2-3,5-6,9-10,25H,4,7-8,11H2,1H3,(H,20,21). The molecule has 3 heterocycles. The molecule has 3 aromatic rings. The molecule has 1 aromatic carbocycles. The monoisotopic (exact) mass is 381 g/mol. The molecule has 1 aliphatic rings. The molecule has 1 amide bonds. The van der Waals surface area contributed by atoms with Gasteiger partial charge < -0.3 is 14.7 Å². The van der Waals surface area contributed by atoms with E-state index in [0.717, 1.165) is 5.69 Å². The fourth-order valence-electron chi connectivity index (χ4n) is 3.27. The van der Waals surface area contributed by atoms with Gasteiger partial charge in [-0.05, 0) is 30.7 Å². The summed E-state index contributed by atoms with van der Waals surface area (Å²) < 4.78 is 6.45. The molecular weight excluding hydrogens is 362 g/mol. The summed E-state index contributed by atoms with van der Waals surface area (Å²) in [5, 5.41) is 21.2. The largest absolute Gasteiger partial charge is 0.507 e. The Balaban J connectivity index is 1.56. The van der Waals surface area contributed by atoms with Gasteiger partial charge in [-0.2, -0.15) is 10.2 Å². The van der Waals surface area contributed by atoms with Gasteiger partial charge in [0.2, 0.25) is 0 Å². The normalized spacial score (nSPS) is 13.7. The maximum Gasteiger partial charge on any atom is 0.358 e. The molecule has 0 radical (unpaired) electrons. The zero-order valence-electron chi connectivity index (χ0n) is 15.3. The summed E-state index contributed by atoms with van der Waals surface area (Å²) in [5.74, 6) is -0.607. The molecule has 0 saturated carbocycles. The van der Waals surface area contributed by atoms with E-state index in [2.05, 4.69) is 15.3 Å². The van der Waals surface area contributed by atoms with Gasteiger partial charge in [-0.15, -0.1) is 0 Å². The predicted molar refractivity (Wildman–Crippen MR) is 98.6 cm³/mol. The third-order valence-corrected chi connectivity index (χ3v) is 4.68. The Kier molecular flexibility index (Phi) is 4.56. The molecule has 144 valence electrons. The Bertz CT molecular complexity index is 1040. The van der Waals surface area contributed by atoms with Crippen molar-refractivity contribution < 1.29 is 19.4 Å². The number of aryl methyl sites for hydroxylation is 1. The van der Waals surface area contributed by atoms with Crippen molar-refractivity contribution in [2.24, 2.45) is 0 Å². The number of carbonyl (C=O) groups excluding carboxylic acids is 2. The fraction of sp³-hybridized carbons (Fsp3) is 0.263. The maximum absolute atomic E-state index is 13.0. The number of aromatic hydroxyl groups is 1. The van der Waals surface area contributed by atoms with Crippen molar-refractivity contribution in [3.05, 3.63) is 53.5 Å². The van der Waals surface area contributed by atoms with Gasteiger partial charge in [-0.3, -0.25) is 14.6 Å². The number of nitrogens with one attached hydrogen (secondary N) is 1. The topological polar surface area (TPSA) is 113 Å². The van der Waals surface area contributed by atoms with Gasteiger partial charge in [0, 0.05) is 18.7 Å². The summed E-state index contributed by atoms with van der Waals surface area (Å²) in [4.78, 5) is 26.4. The van der Waals surface area contributed by atoms with E-state index >= 15 is 0 Å². The summed E-state index contributed by atoms with van der Waals surface area (Å²) in [6.45, 7) is 1.50. The highest BCUT2D eigenvalue weighted by molar-refractivity contribution is 5.93. The van der Waals surface area contributed by atoms with Crippen LogP contribution in [-0.2, 0) is 17.8 Å². The lowest BCUT2D eigenvalue weighted by molar-refractivity contribution is 0.0593. The maximum atomic E-state index is 13.0. The smallest absolute Gasteiger partial charge is 0.358 e. The highest BCUT2D eigenvalue weighted by Crippen LogP contribution is 2.27. The van der Waals surface area contributed by atoms with E-state index in [0.29, 0.717) is 43.0 Å². The van der Waals surface area contributed by atoms with E-state index in [1.54, 1.807) is 46.0 Å². The average molecular weight is 381 g/mol. The number of benzene rings is 1. The number of nitrogens with zero attached hydrogens (tertiary/aromatic N) is 4. The lowest BCUT2D eigenvalue weighted by Crippen LogP contribution is -2.31. The minimum absolute atomic E-state index is 0.0991. The van der Waals surface area contributed by atoms with Gasteiger partial charge in [0.15, 0.2) is 5.69 Å². The molecule has 0 aliphatic carbocycles. The number of H-pyrrole nitrogens is 1. The Hall–Kier alpha value is -3.62. The Labute approximate surface area is 160 Å². The SMILES string of the molecule is COC(=O)c1cc2n(n1)CCCN(C(=O)c1cc(-c3ccccc3O)n[nH]1)C2. The summed E-state index contributed by atoms with van der Waals surface area (Å²) in [7, 11) is 1.31. The first-order valence-corrected chi connectivity index (χ1v) is 8.85. The van der Waals surface area contributed by atoms with E-state index in [4.69, 9.17) is 4.74 Å². The zero-order chi connectivity index (χ0) is 19.7. The fourth-order valence-corrected chi connectivity index (χ4v) is 3.27. The van der Waals surface area contributed by atoms with Crippen LogP contribution in [0.4, 0.5) is 0 Å². The molecule has 28 heavy (non-hydrogen) atoms. The number of hydrogen-bond donors (Lipinski definition) is 2. The number of aromatic amines is 1. The number of ether oxygens (including phenoxy) is 1. The molecule has 0 bridgehead atoms. The summed E-state index contributed by atoms with van der Waals surface area (Å²) in [6, 6.07) is 10.1. The second-order valence-electron chi connectivity index (χ2n) is 6.50. The average Bonchev–Trinajstić information content (AvgIpc) is 3.30. The Morgan fingerprint density at radius 3 is 2.82 bits per heavy atom. The number of carbonyl (C=O) groups is 2. The first-order valence-electron chi connectivity index (χ1n) is 8.85. The van der Waals surface area contributed by atoms with Gasteiger partial charge in [-0.25, -0.2) is 4.79 Å². The Morgan fingerprint density at radius 2 is 2.04 bits per heavy atom. The molecule has 0 atom stereocenters. The van der Waals surface area contributed by atoms with Crippen LogP contribution in [0.25, 0.3) is 11.3 Å². The number of phenolic OH excluding ortho intramolecular Hbond substituents is 1. The summed E-state index contributed by atoms with van der Waals surface area (Å²) in [6.07, 6.45) is 0.710. The van der Waals surface area contributed by atoms with Crippen LogP contribution in [0.5, 0.6) is 5.75 Å². The molecule has 2 N–H and O–H groups in total. The van der Waals surface area contributed by atoms with Gasteiger partial charge >= 0.3 is 5.97 Å². The molecular formula is C19H19N5O4. The first kappa shape index (κ1) is 17.8. The van der Waals surface area contributed by atoms with Crippen LogP contribution in [-0.4, -0.2) is 55.5 Å². The van der Waals surface area contributed by atoms with E-state index in [9.17, 15) is 14.7 Å². The van der Waals surface area contributed by atoms with Crippen LogP contribution in [0, 0.1) is 0 Å². The third kappa shape index (κ3) is 3.22. The number of phenols is 1. The van der Waals surface area contributed by atoms with Crippen molar-refractivity contribution >= 4 is 11.9 Å². The second kappa shape index (κ2) is 7.18. The van der Waals surface area contributed by atoms with Crippen molar-refractivity contribution in [2.75, 3.05) is 13.7 Å². The molecule has 2 aromatic heterocycles. The van der Waals surface area contributed by atoms with Gasteiger partial charge in [0.1, 0.15) is 11.4 Å². The number of esters is 1. The van der Waals surface area contributed by atoms with Crippen LogP contribution in [0.2, 0.25) is 0 Å². The lowest BCUT2D eigenvalue weighted by Gasteiger charge is -2.18. The van der Waals surface area contributed by atoms with E-state index in [-0.39, 0.29) is 17.4 Å². The number of fused-ring (bicyclic) bond motifs is 1. The predicted octanol–water partition coefficient (Wildman–Crippen LogP) is 1.81. The van der Waals surface area contributed by atoms with E-state index in [1.807, 2.05) is 0 Å². The second-order valence-corrected chi connectivity index (χ2v) is 6.50. The van der Waals surface area contributed by atoms with Gasteiger partial charge in [0.05, 0.1) is 25.0 Å². The minimum Gasteiger partial charge on any atom is -0.507 e. The highest BCUT2D eigenvalue weighted by Gasteiger charge is 2.25. The zero-order valence-corrected chi connectivity index (χ0v) is 15.3. The molecule has 0 fully saturated rings. The quantitative estimate of drug-likeness (QED) is 0.669. The first-order chi connectivity index (χ1) is 13.6. The number of rotatable bonds is 3. The van der Waals surface area contributed by atoms with Crippen molar-refractivity contribution in [2.45, 2.75) is 19.5 Å². The van der Waals surface area contributed by atoms with Gasteiger partial charge in [0.25, 0.3) is 5.91 Å². The summed E-state index contributed by atoms with van der Waals surface area (Å²) in [5.41, 5.74) is 2.38. The molecule has 1 aliphatic heterocycles. The van der Waals surface area contributed by atoms with E-state index in [1.165, 1.54) is 7.11 Å². The number of hydrogen-bond acceptors (Lipinski definition) is 6. The number of methoxy groups -OCH3 is 1. The van der Waals surface area contributed by atoms with Crippen molar-refractivity contribution in [3.63, 3.8) is 0 Å². The number of para-hydroxylation sites is 1. The van der Waals surface area contributed by atoms with Crippen molar-refractivity contribution in [3.8, 4) is 17.0 Å². The lowest BCUT2D eigenvalue weighted by atomic mass is 10.1. The Morgan fingerprint density at radius 1 is 1.21 bits per heavy atom. The van der Waals surface area contributed by atoms with Crippen LogP contribution in [0.3, 0.4) is 0 Å². The van der Waals surface area contributed by atoms with Crippen LogP contribution in [0.1, 0.15) is 33.1 Å².